The van der Waals surface area contributed by atoms with Crippen molar-refractivity contribution in [3.63, 3.8) is 0 Å². The molecule has 0 aliphatic heterocycles. The van der Waals surface area contributed by atoms with Gasteiger partial charge in [0.25, 0.3) is 5.91 Å². The van der Waals surface area contributed by atoms with Gasteiger partial charge in [-0.1, -0.05) is 35.3 Å². The number of rotatable bonds is 5. The SMILES string of the molecule is C[C@H]([NH2+][C@H](C)C(=O)Nc1ccc(F)cc1Cl)c1ccc(Cl)cc1. The molecule has 0 aliphatic carbocycles. The quantitative estimate of drug-likeness (QED) is 0.841. The van der Waals surface area contributed by atoms with Gasteiger partial charge in [-0.2, -0.15) is 0 Å². The monoisotopic (exact) mass is 355 g/mol. The average Bonchev–Trinajstić information content (AvgIpc) is 2.50. The van der Waals surface area contributed by atoms with Gasteiger partial charge in [0.05, 0.1) is 10.7 Å². The molecule has 0 spiro atoms. The number of amides is 1. The normalized spacial score (nSPS) is 13.4. The maximum absolute atomic E-state index is 13.0. The molecule has 23 heavy (non-hydrogen) atoms. The Labute approximate surface area is 144 Å². The lowest BCUT2D eigenvalue weighted by molar-refractivity contribution is -0.709. The number of hydrogen-bond acceptors (Lipinski definition) is 1. The van der Waals surface area contributed by atoms with Gasteiger partial charge in [0, 0.05) is 10.6 Å². The number of benzene rings is 2. The molecule has 2 aromatic rings. The van der Waals surface area contributed by atoms with E-state index in [4.69, 9.17) is 23.2 Å². The molecule has 1 amide bonds. The first-order valence-corrected chi connectivity index (χ1v) is 7.99. The maximum atomic E-state index is 13.0. The van der Waals surface area contributed by atoms with Crippen molar-refractivity contribution in [3.8, 4) is 0 Å². The van der Waals surface area contributed by atoms with Gasteiger partial charge in [-0.25, -0.2) is 4.39 Å². The third kappa shape index (κ3) is 4.93. The van der Waals surface area contributed by atoms with Gasteiger partial charge in [0.15, 0.2) is 6.04 Å². The van der Waals surface area contributed by atoms with E-state index in [0.717, 1.165) is 5.56 Å². The van der Waals surface area contributed by atoms with Crippen LogP contribution in [0, 0.1) is 5.82 Å². The van der Waals surface area contributed by atoms with Gasteiger partial charge in [-0.3, -0.25) is 4.79 Å². The molecule has 3 nitrogen and oxygen atoms in total. The highest BCUT2D eigenvalue weighted by atomic mass is 35.5. The summed E-state index contributed by atoms with van der Waals surface area (Å²) in [4.78, 5) is 12.3. The molecule has 6 heteroatoms. The first-order chi connectivity index (χ1) is 10.9. The molecular weight excluding hydrogens is 338 g/mol. The number of carbonyl (C=O) groups excluding carboxylic acids is 1. The second-order valence-corrected chi connectivity index (χ2v) is 6.28. The second-order valence-electron chi connectivity index (χ2n) is 5.43. The fourth-order valence-corrected chi connectivity index (χ4v) is 2.58. The Hall–Kier alpha value is -1.62. The topological polar surface area (TPSA) is 45.7 Å². The van der Waals surface area contributed by atoms with Crippen LogP contribution in [0.4, 0.5) is 10.1 Å². The lowest BCUT2D eigenvalue weighted by atomic mass is 10.1. The molecule has 3 N–H and O–H groups in total. The summed E-state index contributed by atoms with van der Waals surface area (Å²) in [7, 11) is 0. The number of nitrogens with two attached hydrogens (primary N) is 1. The lowest BCUT2D eigenvalue weighted by Gasteiger charge is -2.17. The largest absolute Gasteiger partial charge is 0.330 e. The van der Waals surface area contributed by atoms with E-state index in [-0.39, 0.29) is 23.0 Å². The van der Waals surface area contributed by atoms with Crippen molar-refractivity contribution >= 4 is 34.8 Å². The maximum Gasteiger partial charge on any atom is 0.282 e. The second kappa shape index (κ2) is 7.77. The van der Waals surface area contributed by atoms with Gasteiger partial charge in [0.2, 0.25) is 0 Å². The number of nitrogens with one attached hydrogen (secondary N) is 1. The van der Waals surface area contributed by atoms with Crippen LogP contribution in [0.3, 0.4) is 0 Å². The molecule has 0 aliphatic rings. The Kier molecular flexibility index (Phi) is 5.99. The van der Waals surface area contributed by atoms with E-state index >= 15 is 0 Å². The molecule has 0 saturated heterocycles. The molecule has 2 atom stereocenters. The highest BCUT2D eigenvalue weighted by Crippen LogP contribution is 2.22. The summed E-state index contributed by atoms with van der Waals surface area (Å²) < 4.78 is 13.0. The van der Waals surface area contributed by atoms with Gasteiger partial charge >= 0.3 is 0 Å². The van der Waals surface area contributed by atoms with E-state index < -0.39 is 5.82 Å². The first-order valence-electron chi connectivity index (χ1n) is 7.23. The van der Waals surface area contributed by atoms with Crippen LogP contribution in [-0.4, -0.2) is 11.9 Å². The third-order valence-corrected chi connectivity index (χ3v) is 4.14. The zero-order valence-electron chi connectivity index (χ0n) is 12.8. The molecule has 0 bridgehead atoms. The Bertz CT molecular complexity index is 691. The Morgan fingerprint density at radius 2 is 1.78 bits per heavy atom. The summed E-state index contributed by atoms with van der Waals surface area (Å²) in [5, 5.41) is 5.51. The summed E-state index contributed by atoms with van der Waals surface area (Å²) in [5.74, 6) is -0.636. The van der Waals surface area contributed by atoms with E-state index in [1.807, 2.05) is 36.5 Å². The summed E-state index contributed by atoms with van der Waals surface area (Å²) in [6.45, 7) is 3.82. The minimum atomic E-state index is -0.441. The third-order valence-electron chi connectivity index (χ3n) is 3.58. The Morgan fingerprint density at radius 1 is 1.13 bits per heavy atom. The number of quaternary nitrogens is 1. The van der Waals surface area contributed by atoms with Crippen molar-refractivity contribution in [2.75, 3.05) is 5.32 Å². The fourth-order valence-electron chi connectivity index (χ4n) is 2.24. The smallest absolute Gasteiger partial charge is 0.282 e. The molecular formula is C17H18Cl2FN2O+. The molecule has 0 radical (unpaired) electrons. The minimum Gasteiger partial charge on any atom is -0.330 e. The summed E-state index contributed by atoms with van der Waals surface area (Å²) >= 11 is 11.8. The predicted octanol–water partition coefficient (Wildman–Crippen LogP) is 3.78. The van der Waals surface area contributed by atoms with Crippen molar-refractivity contribution in [2.24, 2.45) is 0 Å². The molecule has 0 aromatic heterocycles. The van der Waals surface area contributed by atoms with Crippen molar-refractivity contribution in [1.82, 2.24) is 0 Å². The number of halogens is 3. The highest BCUT2D eigenvalue weighted by molar-refractivity contribution is 6.33. The average molecular weight is 356 g/mol. The van der Waals surface area contributed by atoms with Crippen LogP contribution >= 0.6 is 23.2 Å². The predicted molar refractivity (Wildman–Crippen MR) is 91.3 cm³/mol. The zero-order valence-corrected chi connectivity index (χ0v) is 14.3. The Balaban J connectivity index is 1.98. The Morgan fingerprint density at radius 3 is 2.39 bits per heavy atom. The van der Waals surface area contributed by atoms with Crippen LogP contribution in [0.2, 0.25) is 10.0 Å². The van der Waals surface area contributed by atoms with Gasteiger partial charge in [-0.05, 0) is 44.2 Å². The highest BCUT2D eigenvalue weighted by Gasteiger charge is 2.21. The van der Waals surface area contributed by atoms with E-state index in [9.17, 15) is 9.18 Å². The number of hydrogen-bond donors (Lipinski definition) is 2. The van der Waals surface area contributed by atoms with Gasteiger partial charge in [0.1, 0.15) is 11.9 Å². The van der Waals surface area contributed by atoms with Crippen LogP contribution in [0.1, 0.15) is 25.5 Å². The van der Waals surface area contributed by atoms with Crippen LogP contribution in [0.5, 0.6) is 0 Å². The van der Waals surface area contributed by atoms with Crippen molar-refractivity contribution in [2.45, 2.75) is 25.9 Å². The van der Waals surface area contributed by atoms with Crippen LogP contribution in [0.15, 0.2) is 42.5 Å². The van der Waals surface area contributed by atoms with Crippen molar-refractivity contribution < 1.29 is 14.5 Å². The van der Waals surface area contributed by atoms with Crippen molar-refractivity contribution in [1.29, 1.82) is 0 Å². The van der Waals surface area contributed by atoms with Crippen LogP contribution in [-0.2, 0) is 4.79 Å². The van der Waals surface area contributed by atoms with Crippen molar-refractivity contribution in [3.05, 3.63) is 63.9 Å². The summed E-state index contributed by atoms with van der Waals surface area (Å²) in [6, 6.07) is 11.2. The number of carbonyl (C=O) groups is 1. The minimum absolute atomic E-state index is 0.0942. The van der Waals surface area contributed by atoms with Crippen LogP contribution < -0.4 is 10.6 Å². The molecule has 0 fully saturated rings. The van der Waals surface area contributed by atoms with E-state index in [1.54, 1.807) is 6.92 Å². The molecule has 122 valence electrons. The van der Waals surface area contributed by atoms with E-state index in [2.05, 4.69) is 5.32 Å². The molecule has 0 unspecified atom stereocenters. The molecule has 0 saturated carbocycles. The standard InChI is InChI=1S/C17H17Cl2FN2O/c1-10(12-3-5-13(18)6-4-12)21-11(2)17(23)22-16-8-7-14(20)9-15(16)19/h3-11,21H,1-2H3,(H,22,23)/p+1/t10-,11+/m0/s1. The molecule has 2 rings (SSSR count). The lowest BCUT2D eigenvalue weighted by Crippen LogP contribution is -2.91. The first kappa shape index (κ1) is 17.7. The van der Waals surface area contributed by atoms with E-state index in [1.165, 1.54) is 18.2 Å². The van der Waals surface area contributed by atoms with E-state index in [0.29, 0.717) is 10.7 Å². The summed E-state index contributed by atoms with van der Waals surface area (Å²) in [5.41, 5.74) is 1.48. The van der Waals surface area contributed by atoms with Crippen LogP contribution in [0.25, 0.3) is 0 Å². The van der Waals surface area contributed by atoms with Gasteiger partial charge < -0.3 is 10.6 Å². The summed E-state index contributed by atoms with van der Waals surface area (Å²) in [6.07, 6.45) is 0. The molecule has 2 aromatic carbocycles. The number of anilines is 1. The molecule has 0 heterocycles. The van der Waals surface area contributed by atoms with Gasteiger partial charge in [-0.15, -0.1) is 0 Å². The fraction of sp³-hybridized carbons (Fsp3) is 0.235. The zero-order chi connectivity index (χ0) is 17.0.